The molecular formula is C17H15BrN2OS. The Morgan fingerprint density at radius 1 is 1.05 bits per heavy atom. The van der Waals surface area contributed by atoms with Crippen molar-refractivity contribution in [1.29, 1.82) is 0 Å². The summed E-state index contributed by atoms with van der Waals surface area (Å²) in [6.07, 6.45) is 2.04. The van der Waals surface area contributed by atoms with E-state index in [4.69, 9.17) is 10.1 Å². The van der Waals surface area contributed by atoms with Crippen LogP contribution in [-0.2, 0) is 0 Å². The zero-order valence-corrected chi connectivity index (χ0v) is 14.2. The van der Waals surface area contributed by atoms with Gasteiger partial charge in [0.25, 0.3) is 0 Å². The maximum atomic E-state index is 9.08. The molecule has 1 aromatic heterocycles. The molecule has 112 valence electrons. The summed E-state index contributed by atoms with van der Waals surface area (Å²) in [6.45, 7) is 0.139. The van der Waals surface area contributed by atoms with E-state index in [2.05, 4.69) is 32.6 Å². The van der Waals surface area contributed by atoms with Gasteiger partial charge in [0, 0.05) is 27.7 Å². The van der Waals surface area contributed by atoms with Crippen molar-refractivity contribution in [2.45, 2.75) is 5.16 Å². The molecule has 0 amide bonds. The van der Waals surface area contributed by atoms with Crippen molar-refractivity contribution in [3.05, 3.63) is 65.3 Å². The average Bonchev–Trinajstić information content (AvgIpc) is 2.98. The fourth-order valence-corrected chi connectivity index (χ4v) is 3.13. The molecule has 1 heterocycles. The van der Waals surface area contributed by atoms with Gasteiger partial charge in [0.1, 0.15) is 0 Å². The molecule has 0 radical (unpaired) electrons. The van der Waals surface area contributed by atoms with Gasteiger partial charge in [-0.05, 0) is 24.3 Å². The van der Waals surface area contributed by atoms with Gasteiger partial charge >= 0.3 is 0 Å². The minimum Gasteiger partial charge on any atom is -0.396 e. The molecule has 0 aliphatic heterocycles. The Bertz CT molecular complexity index is 741. The minimum atomic E-state index is 0.139. The van der Waals surface area contributed by atoms with E-state index in [1.165, 1.54) is 0 Å². The van der Waals surface area contributed by atoms with E-state index >= 15 is 0 Å². The van der Waals surface area contributed by atoms with Crippen LogP contribution in [0.4, 0.5) is 0 Å². The van der Waals surface area contributed by atoms with Crippen LogP contribution < -0.4 is 0 Å². The molecule has 3 rings (SSSR count). The van der Waals surface area contributed by atoms with Gasteiger partial charge in [-0.1, -0.05) is 58.0 Å². The standard InChI is InChI=1S/C17H15BrN2OS/c18-14-8-6-13(7-9-14)16-12-20(15-4-2-1-3-5-15)17(19-16)22-11-10-21/h1-9,12,21H,10-11H2. The largest absolute Gasteiger partial charge is 0.396 e. The SMILES string of the molecule is OCCSc1nc(-c2ccc(Br)cc2)cn1-c1ccccc1. The number of hydrogen-bond acceptors (Lipinski definition) is 3. The first-order valence-electron chi connectivity index (χ1n) is 6.92. The average molecular weight is 375 g/mol. The predicted octanol–water partition coefficient (Wildman–Crippen LogP) is 4.39. The molecule has 2 aromatic carbocycles. The van der Waals surface area contributed by atoms with Crippen LogP contribution in [0.3, 0.4) is 0 Å². The Morgan fingerprint density at radius 2 is 1.77 bits per heavy atom. The highest BCUT2D eigenvalue weighted by atomic mass is 79.9. The van der Waals surface area contributed by atoms with Crippen LogP contribution in [0.2, 0.25) is 0 Å². The summed E-state index contributed by atoms with van der Waals surface area (Å²) in [5.41, 5.74) is 3.07. The Hall–Kier alpha value is -1.56. The number of para-hydroxylation sites is 1. The van der Waals surface area contributed by atoms with Crippen LogP contribution in [0.25, 0.3) is 16.9 Å². The Morgan fingerprint density at radius 3 is 2.45 bits per heavy atom. The predicted molar refractivity (Wildman–Crippen MR) is 94.5 cm³/mol. The molecule has 0 aliphatic rings. The molecule has 0 unspecified atom stereocenters. The molecule has 0 bridgehead atoms. The van der Waals surface area contributed by atoms with E-state index < -0.39 is 0 Å². The van der Waals surface area contributed by atoms with Gasteiger partial charge in [-0.3, -0.25) is 4.57 Å². The summed E-state index contributed by atoms with van der Waals surface area (Å²) in [4.78, 5) is 4.72. The maximum absolute atomic E-state index is 9.08. The molecule has 0 fully saturated rings. The first-order chi connectivity index (χ1) is 10.8. The lowest BCUT2D eigenvalue weighted by Gasteiger charge is -2.05. The first kappa shape index (κ1) is 15.3. The molecule has 0 spiro atoms. The van der Waals surface area contributed by atoms with Crippen LogP contribution in [0, 0.1) is 0 Å². The molecular weight excluding hydrogens is 360 g/mol. The van der Waals surface area contributed by atoms with Crippen molar-refractivity contribution in [3.63, 3.8) is 0 Å². The first-order valence-corrected chi connectivity index (χ1v) is 8.70. The Labute approximate surface area is 142 Å². The molecule has 3 nitrogen and oxygen atoms in total. The lowest BCUT2D eigenvalue weighted by Crippen LogP contribution is -1.96. The van der Waals surface area contributed by atoms with Crippen LogP contribution >= 0.6 is 27.7 Å². The number of benzene rings is 2. The third-order valence-corrected chi connectivity index (χ3v) is 4.63. The van der Waals surface area contributed by atoms with Gasteiger partial charge in [-0.25, -0.2) is 4.98 Å². The highest BCUT2D eigenvalue weighted by Crippen LogP contribution is 2.27. The molecule has 0 saturated heterocycles. The van der Waals surface area contributed by atoms with E-state index in [9.17, 15) is 0 Å². The number of aliphatic hydroxyl groups excluding tert-OH is 1. The van der Waals surface area contributed by atoms with E-state index in [0.29, 0.717) is 5.75 Å². The number of rotatable bonds is 5. The van der Waals surface area contributed by atoms with E-state index in [1.807, 2.05) is 48.7 Å². The fourth-order valence-electron chi connectivity index (χ4n) is 2.14. The zero-order chi connectivity index (χ0) is 15.4. The van der Waals surface area contributed by atoms with Crippen molar-refractivity contribution in [3.8, 4) is 16.9 Å². The van der Waals surface area contributed by atoms with Crippen molar-refractivity contribution in [2.24, 2.45) is 0 Å². The number of nitrogens with zero attached hydrogens (tertiary/aromatic N) is 2. The number of thioether (sulfide) groups is 1. The molecule has 1 N–H and O–H groups in total. The highest BCUT2D eigenvalue weighted by molar-refractivity contribution is 9.10. The van der Waals surface area contributed by atoms with Crippen LogP contribution in [0.5, 0.6) is 0 Å². The molecule has 0 aliphatic carbocycles. The number of imidazole rings is 1. The van der Waals surface area contributed by atoms with Gasteiger partial charge in [-0.2, -0.15) is 0 Å². The lowest BCUT2D eigenvalue weighted by atomic mass is 10.2. The number of aromatic nitrogens is 2. The van der Waals surface area contributed by atoms with Crippen molar-refractivity contribution >= 4 is 27.7 Å². The van der Waals surface area contributed by atoms with Gasteiger partial charge in [0.15, 0.2) is 5.16 Å². The molecule has 0 atom stereocenters. The fraction of sp³-hybridized carbons (Fsp3) is 0.118. The topological polar surface area (TPSA) is 38.1 Å². The second-order valence-corrected chi connectivity index (χ2v) is 6.67. The summed E-state index contributed by atoms with van der Waals surface area (Å²) < 4.78 is 3.12. The Balaban J connectivity index is 2.02. The van der Waals surface area contributed by atoms with Gasteiger partial charge in [-0.15, -0.1) is 0 Å². The number of hydrogen-bond donors (Lipinski definition) is 1. The summed E-state index contributed by atoms with van der Waals surface area (Å²) in [6, 6.07) is 18.2. The molecule has 22 heavy (non-hydrogen) atoms. The van der Waals surface area contributed by atoms with Crippen molar-refractivity contribution < 1.29 is 5.11 Å². The van der Waals surface area contributed by atoms with Crippen LogP contribution in [0.1, 0.15) is 0 Å². The lowest BCUT2D eigenvalue weighted by molar-refractivity contribution is 0.322. The normalized spacial score (nSPS) is 10.8. The summed E-state index contributed by atoms with van der Waals surface area (Å²) in [5, 5.41) is 9.97. The van der Waals surface area contributed by atoms with E-state index in [1.54, 1.807) is 11.8 Å². The summed E-state index contributed by atoms with van der Waals surface area (Å²) in [7, 11) is 0. The van der Waals surface area contributed by atoms with Crippen molar-refractivity contribution in [1.82, 2.24) is 9.55 Å². The second-order valence-electron chi connectivity index (χ2n) is 4.69. The zero-order valence-electron chi connectivity index (χ0n) is 11.8. The number of aliphatic hydroxyl groups is 1. The van der Waals surface area contributed by atoms with Gasteiger partial charge in [0.05, 0.1) is 12.3 Å². The molecule has 5 heteroatoms. The summed E-state index contributed by atoms with van der Waals surface area (Å²) >= 11 is 5.00. The van der Waals surface area contributed by atoms with E-state index in [0.717, 1.165) is 26.6 Å². The van der Waals surface area contributed by atoms with Crippen molar-refractivity contribution in [2.75, 3.05) is 12.4 Å². The van der Waals surface area contributed by atoms with E-state index in [-0.39, 0.29) is 6.61 Å². The smallest absolute Gasteiger partial charge is 0.173 e. The third kappa shape index (κ3) is 3.43. The quantitative estimate of drug-likeness (QED) is 0.673. The second kappa shape index (κ2) is 7.13. The summed E-state index contributed by atoms with van der Waals surface area (Å²) in [5.74, 6) is 0.629. The maximum Gasteiger partial charge on any atom is 0.173 e. The Kier molecular flexibility index (Phi) is 4.97. The minimum absolute atomic E-state index is 0.139. The monoisotopic (exact) mass is 374 g/mol. The van der Waals surface area contributed by atoms with Crippen LogP contribution in [-0.4, -0.2) is 27.0 Å². The highest BCUT2D eigenvalue weighted by Gasteiger charge is 2.11. The molecule has 3 aromatic rings. The van der Waals surface area contributed by atoms with Crippen LogP contribution in [0.15, 0.2) is 70.4 Å². The third-order valence-electron chi connectivity index (χ3n) is 3.17. The van der Waals surface area contributed by atoms with Gasteiger partial charge in [0.2, 0.25) is 0 Å². The molecule has 0 saturated carbocycles. The van der Waals surface area contributed by atoms with Gasteiger partial charge < -0.3 is 5.11 Å². The number of halogens is 1.